The van der Waals surface area contributed by atoms with Gasteiger partial charge in [0.15, 0.2) is 11.5 Å². The summed E-state index contributed by atoms with van der Waals surface area (Å²) in [4.78, 5) is 33.6. The normalized spacial score (nSPS) is 14.3. The highest BCUT2D eigenvalue weighted by atomic mass is 32.2. The van der Waals surface area contributed by atoms with Gasteiger partial charge in [0.25, 0.3) is 11.5 Å². The van der Waals surface area contributed by atoms with Gasteiger partial charge in [-0.2, -0.15) is 4.98 Å². The third-order valence-electron chi connectivity index (χ3n) is 6.26. The summed E-state index contributed by atoms with van der Waals surface area (Å²) in [6, 6.07) is 18.4. The van der Waals surface area contributed by atoms with Crippen molar-refractivity contribution in [2.45, 2.75) is 13.3 Å². The number of rotatable bonds is 8. The molecule has 10 heteroatoms. The Bertz CT molecular complexity index is 1660. The maximum absolute atomic E-state index is 13.7. The van der Waals surface area contributed by atoms with Crippen molar-refractivity contribution in [2.75, 3.05) is 20.8 Å². The average Bonchev–Trinajstić information content (AvgIpc) is 3.22. The molecule has 4 aromatic rings. The van der Waals surface area contributed by atoms with Crippen LogP contribution in [-0.4, -0.2) is 45.3 Å². The van der Waals surface area contributed by atoms with E-state index in [0.29, 0.717) is 39.3 Å². The molecule has 1 fully saturated rings. The van der Waals surface area contributed by atoms with Crippen molar-refractivity contribution in [3.8, 4) is 23.1 Å². The predicted molar refractivity (Wildman–Crippen MR) is 156 cm³/mol. The number of amides is 1. The van der Waals surface area contributed by atoms with Crippen LogP contribution in [-0.2, 0) is 11.2 Å². The number of aryl methyl sites for hydroxylation is 1. The minimum atomic E-state index is -0.364. The number of aromatic nitrogens is 2. The number of hydrogen-bond acceptors (Lipinski definition) is 8. The van der Waals surface area contributed by atoms with Crippen LogP contribution in [0.1, 0.15) is 16.7 Å². The number of methoxy groups -OCH3 is 2. The van der Waals surface area contributed by atoms with Gasteiger partial charge in [-0.05, 0) is 60.9 Å². The van der Waals surface area contributed by atoms with E-state index in [-0.39, 0.29) is 22.9 Å². The fourth-order valence-electron chi connectivity index (χ4n) is 4.16. The Morgan fingerprint density at radius 3 is 2.44 bits per heavy atom. The van der Waals surface area contributed by atoms with E-state index in [1.807, 2.05) is 43.3 Å². The second-order valence-corrected chi connectivity index (χ2v) is 10.4. The number of ether oxygens (including phenoxy) is 3. The minimum absolute atomic E-state index is 0.0716. The van der Waals surface area contributed by atoms with E-state index >= 15 is 0 Å². The Hall–Kier alpha value is -4.15. The van der Waals surface area contributed by atoms with Gasteiger partial charge in [0.1, 0.15) is 21.3 Å². The summed E-state index contributed by atoms with van der Waals surface area (Å²) in [5.41, 5.74) is 2.08. The summed E-state index contributed by atoms with van der Waals surface area (Å²) < 4.78 is 18.6. The fraction of sp³-hybridized carbons (Fsp3) is 0.172. The molecule has 0 radical (unpaired) electrons. The third-order valence-corrected chi connectivity index (χ3v) is 7.63. The van der Waals surface area contributed by atoms with Crippen molar-refractivity contribution in [3.05, 3.63) is 98.8 Å². The molecule has 8 nitrogen and oxygen atoms in total. The standard InChI is InChI=1S/C29H25N3O5S2/c1-18-7-6-15-31-25(18)30-26(37-23-9-5-4-8-22(23)36-3)21(27(31)33)17-24-28(34)32(29(38)39-24)16-14-19-10-12-20(35-2)13-11-19/h4-13,15,17H,14,16H2,1-3H3/b24-17+. The average molecular weight is 560 g/mol. The van der Waals surface area contributed by atoms with Crippen molar-refractivity contribution >= 4 is 45.9 Å². The molecule has 0 atom stereocenters. The van der Waals surface area contributed by atoms with Crippen LogP contribution in [0.3, 0.4) is 0 Å². The molecule has 5 rings (SSSR count). The Morgan fingerprint density at radius 1 is 0.974 bits per heavy atom. The van der Waals surface area contributed by atoms with E-state index in [0.717, 1.165) is 28.6 Å². The number of thiocarbonyl (C=S) groups is 1. The van der Waals surface area contributed by atoms with Gasteiger partial charge in [0.05, 0.1) is 19.1 Å². The molecular weight excluding hydrogens is 534 g/mol. The van der Waals surface area contributed by atoms with Crippen LogP contribution >= 0.6 is 24.0 Å². The van der Waals surface area contributed by atoms with Crippen LogP contribution in [0.15, 0.2) is 76.6 Å². The van der Waals surface area contributed by atoms with Gasteiger partial charge in [0, 0.05) is 12.7 Å². The number of benzene rings is 2. The first kappa shape index (κ1) is 26.5. The van der Waals surface area contributed by atoms with Crippen LogP contribution < -0.4 is 19.8 Å². The van der Waals surface area contributed by atoms with Gasteiger partial charge < -0.3 is 14.2 Å². The summed E-state index contributed by atoms with van der Waals surface area (Å²) in [5, 5.41) is 0. The van der Waals surface area contributed by atoms with Crippen molar-refractivity contribution < 1.29 is 19.0 Å². The number of para-hydroxylation sites is 2. The monoisotopic (exact) mass is 559 g/mol. The number of thioether (sulfide) groups is 1. The SMILES string of the molecule is COc1ccc(CCN2C(=O)/C(=C\c3c(Oc4ccccc4OC)nc4c(C)cccn4c3=O)SC2=S)cc1. The van der Waals surface area contributed by atoms with E-state index in [4.69, 9.17) is 26.4 Å². The highest BCUT2D eigenvalue weighted by molar-refractivity contribution is 8.26. The van der Waals surface area contributed by atoms with Crippen molar-refractivity contribution in [2.24, 2.45) is 0 Å². The maximum Gasteiger partial charge on any atom is 0.269 e. The summed E-state index contributed by atoms with van der Waals surface area (Å²) >= 11 is 6.67. The lowest BCUT2D eigenvalue weighted by Gasteiger charge is -2.14. The molecule has 198 valence electrons. The molecule has 39 heavy (non-hydrogen) atoms. The van der Waals surface area contributed by atoms with Gasteiger partial charge >= 0.3 is 0 Å². The smallest absolute Gasteiger partial charge is 0.269 e. The largest absolute Gasteiger partial charge is 0.497 e. The molecule has 1 aliphatic heterocycles. The first-order valence-corrected chi connectivity index (χ1v) is 13.3. The third kappa shape index (κ3) is 5.39. The first-order valence-electron chi connectivity index (χ1n) is 12.1. The molecule has 2 aromatic carbocycles. The fourth-order valence-corrected chi connectivity index (χ4v) is 5.45. The molecule has 0 saturated carbocycles. The first-order chi connectivity index (χ1) is 18.9. The van der Waals surface area contributed by atoms with Crippen LogP contribution in [0, 0.1) is 6.92 Å². The number of hydrogen-bond donors (Lipinski definition) is 0. The lowest BCUT2D eigenvalue weighted by atomic mass is 10.1. The quantitative estimate of drug-likeness (QED) is 0.214. The summed E-state index contributed by atoms with van der Waals surface area (Å²) in [6.45, 7) is 2.27. The maximum atomic E-state index is 13.7. The minimum Gasteiger partial charge on any atom is -0.497 e. The molecule has 0 spiro atoms. The van der Waals surface area contributed by atoms with Gasteiger partial charge in [-0.25, -0.2) is 0 Å². The molecule has 1 aliphatic rings. The Labute approximate surface area is 234 Å². The van der Waals surface area contributed by atoms with Crippen LogP contribution in [0.25, 0.3) is 11.7 Å². The Kier molecular flexibility index (Phi) is 7.67. The number of carbonyl (C=O) groups excluding carboxylic acids is 1. The van der Waals surface area contributed by atoms with E-state index in [9.17, 15) is 9.59 Å². The van der Waals surface area contributed by atoms with Crippen LogP contribution in [0.4, 0.5) is 0 Å². The second kappa shape index (κ2) is 11.3. The summed E-state index contributed by atoms with van der Waals surface area (Å²) in [5.74, 6) is 1.45. The molecule has 3 heterocycles. The molecular formula is C29H25N3O5S2. The van der Waals surface area contributed by atoms with E-state index in [2.05, 4.69) is 4.98 Å². The molecule has 0 aliphatic carbocycles. The second-order valence-electron chi connectivity index (χ2n) is 8.70. The Balaban J connectivity index is 1.50. The van der Waals surface area contributed by atoms with Crippen LogP contribution in [0.5, 0.6) is 23.1 Å². The van der Waals surface area contributed by atoms with Crippen molar-refractivity contribution in [1.82, 2.24) is 14.3 Å². The zero-order valence-electron chi connectivity index (χ0n) is 21.5. The molecule has 0 unspecified atom stereocenters. The van der Waals surface area contributed by atoms with Crippen LogP contribution in [0.2, 0.25) is 0 Å². The molecule has 1 saturated heterocycles. The number of carbonyl (C=O) groups is 1. The predicted octanol–water partition coefficient (Wildman–Crippen LogP) is 5.26. The van der Waals surface area contributed by atoms with Gasteiger partial charge in [-0.15, -0.1) is 0 Å². The highest BCUT2D eigenvalue weighted by Gasteiger charge is 2.32. The van der Waals surface area contributed by atoms with E-state index < -0.39 is 0 Å². The Morgan fingerprint density at radius 2 is 1.72 bits per heavy atom. The topological polar surface area (TPSA) is 82.4 Å². The highest BCUT2D eigenvalue weighted by Crippen LogP contribution is 2.36. The zero-order chi connectivity index (χ0) is 27.5. The molecule has 2 aromatic heterocycles. The van der Waals surface area contributed by atoms with Gasteiger partial charge in [0.2, 0.25) is 5.88 Å². The number of nitrogens with zero attached hydrogens (tertiary/aromatic N) is 3. The molecule has 0 N–H and O–H groups in total. The summed E-state index contributed by atoms with van der Waals surface area (Å²) in [7, 11) is 3.15. The molecule has 0 bridgehead atoms. The van der Waals surface area contributed by atoms with Crippen molar-refractivity contribution in [3.63, 3.8) is 0 Å². The van der Waals surface area contributed by atoms with Gasteiger partial charge in [-0.3, -0.25) is 18.9 Å². The van der Waals surface area contributed by atoms with E-state index in [1.165, 1.54) is 17.6 Å². The van der Waals surface area contributed by atoms with Crippen molar-refractivity contribution in [1.29, 1.82) is 0 Å². The van der Waals surface area contributed by atoms with Gasteiger partial charge in [-0.1, -0.05) is 54.3 Å². The molecule has 1 amide bonds. The number of pyridine rings is 1. The lowest BCUT2D eigenvalue weighted by molar-refractivity contribution is -0.122. The summed E-state index contributed by atoms with van der Waals surface area (Å²) in [6.07, 6.45) is 3.77. The lowest BCUT2D eigenvalue weighted by Crippen LogP contribution is -2.30. The zero-order valence-corrected chi connectivity index (χ0v) is 23.2. The number of fused-ring (bicyclic) bond motifs is 1. The van der Waals surface area contributed by atoms with E-state index in [1.54, 1.807) is 42.5 Å².